The molecular formula is C19H20N2O4. The summed E-state index contributed by atoms with van der Waals surface area (Å²) in [6, 6.07) is 10.7. The molecule has 0 amide bonds. The molecule has 6 nitrogen and oxygen atoms in total. The second kappa shape index (κ2) is 7.25. The molecule has 1 aliphatic rings. The fourth-order valence-corrected chi connectivity index (χ4v) is 2.90. The Morgan fingerprint density at radius 1 is 1.12 bits per heavy atom. The van der Waals surface area contributed by atoms with Crippen molar-refractivity contribution in [2.75, 3.05) is 20.8 Å². The van der Waals surface area contributed by atoms with E-state index in [1.165, 1.54) is 5.56 Å². The van der Waals surface area contributed by atoms with E-state index < -0.39 is 0 Å². The molecule has 0 spiro atoms. The molecule has 0 saturated heterocycles. The number of non-ortho nitro benzene ring substituents is 1. The molecule has 0 N–H and O–H groups in total. The molecule has 2 aromatic carbocycles. The number of nitro groups is 1. The van der Waals surface area contributed by atoms with Crippen molar-refractivity contribution in [3.05, 3.63) is 69.4 Å². The first-order chi connectivity index (χ1) is 12.1. The van der Waals surface area contributed by atoms with Gasteiger partial charge in [-0.25, -0.2) is 0 Å². The van der Waals surface area contributed by atoms with E-state index in [4.69, 9.17) is 9.47 Å². The van der Waals surface area contributed by atoms with Crippen LogP contribution in [0.15, 0.2) is 42.6 Å². The summed E-state index contributed by atoms with van der Waals surface area (Å²) in [5.41, 5.74) is 3.52. The van der Waals surface area contributed by atoms with Crippen molar-refractivity contribution in [2.45, 2.75) is 13.0 Å². The van der Waals surface area contributed by atoms with Gasteiger partial charge in [-0.1, -0.05) is 12.1 Å². The van der Waals surface area contributed by atoms with Crippen LogP contribution < -0.4 is 9.47 Å². The Labute approximate surface area is 146 Å². The molecule has 0 atom stereocenters. The number of hydrogen-bond acceptors (Lipinski definition) is 5. The quantitative estimate of drug-likeness (QED) is 0.593. The molecule has 2 aromatic rings. The molecule has 1 heterocycles. The summed E-state index contributed by atoms with van der Waals surface area (Å²) in [4.78, 5) is 12.5. The third-order valence-corrected chi connectivity index (χ3v) is 4.32. The van der Waals surface area contributed by atoms with Crippen LogP contribution >= 0.6 is 0 Å². The van der Waals surface area contributed by atoms with Crippen LogP contribution in [0, 0.1) is 10.1 Å². The molecule has 0 aliphatic carbocycles. The summed E-state index contributed by atoms with van der Waals surface area (Å²) in [7, 11) is 3.27. The molecule has 0 unspecified atom stereocenters. The highest BCUT2D eigenvalue weighted by Gasteiger charge is 2.15. The highest BCUT2D eigenvalue weighted by molar-refractivity contribution is 5.61. The normalized spacial score (nSPS) is 12.6. The molecule has 130 valence electrons. The number of benzene rings is 2. The fraction of sp³-hybridized carbons (Fsp3) is 0.263. The summed E-state index contributed by atoms with van der Waals surface area (Å²) < 4.78 is 10.7. The van der Waals surface area contributed by atoms with Crippen molar-refractivity contribution in [3.63, 3.8) is 0 Å². The van der Waals surface area contributed by atoms with Crippen molar-refractivity contribution in [1.29, 1.82) is 0 Å². The van der Waals surface area contributed by atoms with Gasteiger partial charge in [0.25, 0.3) is 5.69 Å². The lowest BCUT2D eigenvalue weighted by Gasteiger charge is -2.26. The lowest BCUT2D eigenvalue weighted by Crippen LogP contribution is -2.22. The minimum atomic E-state index is -0.379. The monoisotopic (exact) mass is 340 g/mol. The van der Waals surface area contributed by atoms with Gasteiger partial charge >= 0.3 is 0 Å². The number of nitro benzene ring substituents is 1. The summed E-state index contributed by atoms with van der Waals surface area (Å²) in [5, 5.41) is 10.7. The van der Waals surface area contributed by atoms with Gasteiger partial charge in [-0.2, -0.15) is 0 Å². The van der Waals surface area contributed by atoms with Crippen molar-refractivity contribution in [2.24, 2.45) is 0 Å². The van der Waals surface area contributed by atoms with E-state index in [1.807, 2.05) is 24.3 Å². The number of ether oxygens (including phenoxy) is 2. The summed E-state index contributed by atoms with van der Waals surface area (Å²) >= 11 is 0. The Hall–Kier alpha value is -3.02. The van der Waals surface area contributed by atoms with Gasteiger partial charge in [0.2, 0.25) is 0 Å². The Morgan fingerprint density at radius 3 is 2.44 bits per heavy atom. The van der Waals surface area contributed by atoms with Crippen LogP contribution in [-0.4, -0.2) is 30.6 Å². The highest BCUT2D eigenvalue weighted by Crippen LogP contribution is 2.33. The molecule has 3 rings (SSSR count). The van der Waals surface area contributed by atoms with Crippen molar-refractivity contribution in [1.82, 2.24) is 4.90 Å². The highest BCUT2D eigenvalue weighted by atomic mass is 16.6. The largest absolute Gasteiger partial charge is 0.493 e. The van der Waals surface area contributed by atoms with Gasteiger partial charge in [-0.05, 0) is 47.5 Å². The van der Waals surface area contributed by atoms with Gasteiger partial charge in [0.15, 0.2) is 11.5 Å². The average molecular weight is 340 g/mol. The van der Waals surface area contributed by atoms with Crippen molar-refractivity contribution >= 4 is 11.8 Å². The van der Waals surface area contributed by atoms with Gasteiger partial charge in [-0.3, -0.25) is 10.1 Å². The van der Waals surface area contributed by atoms with Crippen LogP contribution in [0.25, 0.3) is 6.08 Å². The minimum Gasteiger partial charge on any atom is -0.493 e. The van der Waals surface area contributed by atoms with E-state index in [9.17, 15) is 10.1 Å². The predicted octanol–water partition coefficient (Wildman–Crippen LogP) is 3.64. The molecule has 6 heteroatoms. The zero-order chi connectivity index (χ0) is 17.8. The lowest BCUT2D eigenvalue weighted by atomic mass is 10.0. The van der Waals surface area contributed by atoms with Crippen LogP contribution in [0.2, 0.25) is 0 Å². The summed E-state index contributed by atoms with van der Waals surface area (Å²) in [6.07, 6.45) is 4.96. The van der Waals surface area contributed by atoms with Crippen molar-refractivity contribution < 1.29 is 14.4 Å². The fourth-order valence-electron chi connectivity index (χ4n) is 2.90. The SMILES string of the molecule is COc1cc2c(cc1OC)CN(CCc1ccc([N+](=O)[O-])cc1)C=C2. The first kappa shape index (κ1) is 16.8. The smallest absolute Gasteiger partial charge is 0.269 e. The average Bonchev–Trinajstić information content (AvgIpc) is 2.65. The molecule has 0 fully saturated rings. The molecule has 0 aromatic heterocycles. The van der Waals surface area contributed by atoms with Gasteiger partial charge in [0, 0.05) is 25.2 Å². The van der Waals surface area contributed by atoms with Gasteiger partial charge in [0.05, 0.1) is 19.1 Å². The first-order valence-corrected chi connectivity index (χ1v) is 8.01. The first-order valence-electron chi connectivity index (χ1n) is 8.01. The molecule has 1 aliphatic heterocycles. The second-order valence-electron chi connectivity index (χ2n) is 5.87. The molecule has 0 radical (unpaired) electrons. The number of nitrogens with zero attached hydrogens (tertiary/aromatic N) is 2. The van der Waals surface area contributed by atoms with E-state index >= 15 is 0 Å². The van der Waals surface area contributed by atoms with Gasteiger partial charge in [-0.15, -0.1) is 0 Å². The Kier molecular flexibility index (Phi) is 4.88. The molecule has 0 saturated carbocycles. The van der Waals surface area contributed by atoms with E-state index in [1.54, 1.807) is 26.4 Å². The minimum absolute atomic E-state index is 0.122. The Morgan fingerprint density at radius 2 is 1.80 bits per heavy atom. The maximum Gasteiger partial charge on any atom is 0.269 e. The standard InChI is InChI=1S/C19H20N2O4/c1-24-18-11-15-8-10-20(13-16(15)12-19(18)25-2)9-7-14-3-5-17(6-4-14)21(22)23/h3-6,8,10-12H,7,9,13H2,1-2H3. The number of methoxy groups -OCH3 is 2. The van der Waals surface area contributed by atoms with Gasteiger partial charge < -0.3 is 14.4 Å². The van der Waals surface area contributed by atoms with E-state index in [0.717, 1.165) is 42.1 Å². The predicted molar refractivity (Wildman–Crippen MR) is 95.8 cm³/mol. The molecule has 25 heavy (non-hydrogen) atoms. The van der Waals surface area contributed by atoms with E-state index in [2.05, 4.69) is 17.2 Å². The second-order valence-corrected chi connectivity index (χ2v) is 5.87. The Balaban J connectivity index is 1.66. The van der Waals surface area contributed by atoms with Crippen LogP contribution in [0.3, 0.4) is 0 Å². The maximum absolute atomic E-state index is 10.7. The van der Waals surface area contributed by atoms with Crippen LogP contribution in [0.4, 0.5) is 5.69 Å². The van der Waals surface area contributed by atoms with Crippen LogP contribution in [0.5, 0.6) is 11.5 Å². The summed E-state index contributed by atoms with van der Waals surface area (Å²) in [5.74, 6) is 1.46. The van der Waals surface area contributed by atoms with Crippen LogP contribution in [0.1, 0.15) is 16.7 Å². The number of fused-ring (bicyclic) bond motifs is 1. The van der Waals surface area contributed by atoms with E-state index in [-0.39, 0.29) is 10.6 Å². The topological polar surface area (TPSA) is 64.8 Å². The zero-order valence-corrected chi connectivity index (χ0v) is 14.3. The summed E-state index contributed by atoms with van der Waals surface area (Å²) in [6.45, 7) is 1.63. The number of rotatable bonds is 6. The lowest BCUT2D eigenvalue weighted by molar-refractivity contribution is -0.384. The van der Waals surface area contributed by atoms with Crippen LogP contribution in [-0.2, 0) is 13.0 Å². The molecular weight excluding hydrogens is 320 g/mol. The van der Waals surface area contributed by atoms with E-state index in [0.29, 0.717) is 0 Å². The van der Waals surface area contributed by atoms with Crippen molar-refractivity contribution in [3.8, 4) is 11.5 Å². The third kappa shape index (κ3) is 3.74. The maximum atomic E-state index is 10.7. The molecule has 0 bridgehead atoms. The zero-order valence-electron chi connectivity index (χ0n) is 14.3. The van der Waals surface area contributed by atoms with Gasteiger partial charge in [0.1, 0.15) is 0 Å². The number of hydrogen-bond donors (Lipinski definition) is 0. The third-order valence-electron chi connectivity index (χ3n) is 4.32. The Bertz CT molecular complexity index is 800.